The van der Waals surface area contributed by atoms with Crippen molar-refractivity contribution in [1.82, 2.24) is 5.73 Å². The topological polar surface area (TPSA) is 33.0 Å². The average Bonchev–Trinajstić information content (AvgIpc) is 2.05. The van der Waals surface area contributed by atoms with E-state index >= 15 is 0 Å². The second kappa shape index (κ2) is 3.39. The van der Waals surface area contributed by atoms with Crippen molar-refractivity contribution in [3.63, 3.8) is 0 Å². The van der Waals surface area contributed by atoms with Crippen LogP contribution in [0.2, 0.25) is 0 Å². The lowest BCUT2D eigenvalue weighted by atomic mass is 10.1. The normalized spacial score (nSPS) is 12.6. The summed E-state index contributed by atoms with van der Waals surface area (Å²) in [6, 6.07) is 7.43. The summed E-state index contributed by atoms with van der Waals surface area (Å²) in [5.41, 5.74) is 8.42. The lowest BCUT2D eigenvalue weighted by Crippen LogP contribution is -1.92. The van der Waals surface area contributed by atoms with Crippen LogP contribution in [0.1, 0.15) is 18.5 Å². The van der Waals surface area contributed by atoms with Gasteiger partial charge in [0.2, 0.25) is 0 Å². The van der Waals surface area contributed by atoms with Crippen LogP contribution in [0.15, 0.2) is 24.3 Å². The molecule has 0 bridgehead atoms. The van der Waals surface area contributed by atoms with Gasteiger partial charge in [0.1, 0.15) is 5.75 Å². The third kappa shape index (κ3) is 1.95. The molecule has 0 unspecified atom stereocenters. The number of methoxy groups -OCH3 is 1. The van der Waals surface area contributed by atoms with E-state index in [0.717, 1.165) is 11.3 Å². The van der Waals surface area contributed by atoms with Crippen LogP contribution < -0.4 is 10.5 Å². The fourth-order valence-electron chi connectivity index (χ4n) is 0.893. The number of ether oxygens (including phenoxy) is 1. The highest BCUT2D eigenvalue weighted by Crippen LogP contribution is 2.15. The highest BCUT2D eigenvalue weighted by atomic mass is 16.5. The predicted octanol–water partition coefficient (Wildman–Crippen LogP) is 2.04. The Hall–Kier alpha value is -1.02. The third-order valence-corrected chi connectivity index (χ3v) is 1.62. The molecule has 0 amide bonds. The third-order valence-electron chi connectivity index (χ3n) is 1.62. The molecule has 0 aromatic heterocycles. The summed E-state index contributed by atoms with van der Waals surface area (Å²) in [4.78, 5) is 0. The van der Waals surface area contributed by atoms with Crippen molar-refractivity contribution in [3.05, 3.63) is 29.8 Å². The van der Waals surface area contributed by atoms with E-state index in [2.05, 4.69) is 0 Å². The summed E-state index contributed by atoms with van der Waals surface area (Å²) in [7, 11) is 1.64. The van der Waals surface area contributed by atoms with Crippen LogP contribution in [0.4, 0.5) is 0 Å². The Morgan fingerprint density at radius 2 is 1.82 bits per heavy atom. The van der Waals surface area contributed by atoms with Crippen LogP contribution in [0.25, 0.3) is 0 Å². The molecule has 0 aliphatic heterocycles. The fraction of sp³-hybridized carbons (Fsp3) is 0.333. The van der Waals surface area contributed by atoms with Crippen molar-refractivity contribution in [1.29, 1.82) is 0 Å². The van der Waals surface area contributed by atoms with E-state index < -0.39 is 0 Å². The largest absolute Gasteiger partial charge is 0.497 e. The van der Waals surface area contributed by atoms with Gasteiger partial charge in [0.05, 0.1) is 7.11 Å². The molecule has 2 nitrogen and oxygen atoms in total. The second-order valence-electron chi connectivity index (χ2n) is 2.49. The molecule has 0 heterocycles. The Kier molecular flexibility index (Phi) is 2.49. The van der Waals surface area contributed by atoms with Gasteiger partial charge in [-0.05, 0) is 24.6 Å². The van der Waals surface area contributed by atoms with Crippen molar-refractivity contribution in [2.75, 3.05) is 7.11 Å². The fourth-order valence-corrected chi connectivity index (χ4v) is 0.893. The first kappa shape index (κ1) is 8.08. The van der Waals surface area contributed by atoms with Crippen LogP contribution in [0.5, 0.6) is 5.75 Å². The summed E-state index contributed by atoms with van der Waals surface area (Å²) < 4.78 is 4.99. The molecule has 1 aromatic carbocycles. The lowest BCUT2D eigenvalue weighted by molar-refractivity contribution is 0.414. The van der Waals surface area contributed by atoms with E-state index in [9.17, 15) is 0 Å². The Balaban J connectivity index is 2.83. The molecule has 0 aliphatic carbocycles. The number of rotatable bonds is 2. The minimum absolute atomic E-state index is 0.152. The van der Waals surface area contributed by atoms with Gasteiger partial charge < -0.3 is 4.74 Å². The van der Waals surface area contributed by atoms with Crippen LogP contribution in [-0.4, -0.2) is 7.11 Å². The van der Waals surface area contributed by atoms with Crippen LogP contribution in [-0.2, 0) is 0 Å². The van der Waals surface area contributed by atoms with E-state index in [4.69, 9.17) is 10.5 Å². The van der Waals surface area contributed by atoms with E-state index in [-0.39, 0.29) is 6.04 Å². The number of nitrogens with one attached hydrogen (secondary N) is 1. The average molecular weight is 150 g/mol. The highest BCUT2D eigenvalue weighted by Gasteiger charge is 1.98. The molecule has 0 saturated heterocycles. The molecule has 0 aliphatic rings. The molecule has 0 fully saturated rings. The lowest BCUT2D eigenvalue weighted by Gasteiger charge is -2.04. The van der Waals surface area contributed by atoms with Crippen molar-refractivity contribution in [3.8, 4) is 5.75 Å². The van der Waals surface area contributed by atoms with E-state index in [1.54, 1.807) is 7.11 Å². The minimum atomic E-state index is -0.152. The molecule has 59 valence electrons. The maximum absolute atomic E-state index is 7.41. The second-order valence-corrected chi connectivity index (χ2v) is 2.49. The Labute approximate surface area is 67.0 Å². The van der Waals surface area contributed by atoms with Crippen LogP contribution in [0, 0.1) is 0 Å². The Morgan fingerprint density at radius 1 is 1.27 bits per heavy atom. The summed E-state index contributed by atoms with van der Waals surface area (Å²) in [5.74, 6) is 0.842. The molecule has 11 heavy (non-hydrogen) atoms. The van der Waals surface area contributed by atoms with Gasteiger partial charge in [-0.25, -0.2) is 0 Å². The Bertz CT molecular complexity index is 216. The molecule has 0 saturated carbocycles. The summed E-state index contributed by atoms with van der Waals surface area (Å²) in [5, 5.41) is 0. The van der Waals surface area contributed by atoms with E-state index in [1.807, 2.05) is 31.2 Å². The quantitative estimate of drug-likeness (QED) is 0.635. The zero-order valence-corrected chi connectivity index (χ0v) is 6.79. The molecule has 1 radical (unpaired) electrons. The molecule has 1 aromatic rings. The minimum Gasteiger partial charge on any atom is -0.497 e. The maximum Gasteiger partial charge on any atom is 0.118 e. The maximum atomic E-state index is 7.41. The van der Waals surface area contributed by atoms with Crippen molar-refractivity contribution in [2.24, 2.45) is 0 Å². The number of benzene rings is 1. The van der Waals surface area contributed by atoms with Gasteiger partial charge in [-0.2, -0.15) is 0 Å². The molecule has 1 rings (SSSR count). The predicted molar refractivity (Wildman–Crippen MR) is 44.5 cm³/mol. The smallest absolute Gasteiger partial charge is 0.118 e. The van der Waals surface area contributed by atoms with Crippen molar-refractivity contribution < 1.29 is 4.74 Å². The monoisotopic (exact) mass is 150 g/mol. The first-order valence-electron chi connectivity index (χ1n) is 3.59. The van der Waals surface area contributed by atoms with Gasteiger partial charge in [0, 0.05) is 6.04 Å². The molecule has 2 heteroatoms. The van der Waals surface area contributed by atoms with Gasteiger partial charge in [-0.15, -0.1) is 0 Å². The molecule has 1 atom stereocenters. The zero-order valence-electron chi connectivity index (χ0n) is 6.79. The van der Waals surface area contributed by atoms with Gasteiger partial charge >= 0.3 is 0 Å². The van der Waals surface area contributed by atoms with Gasteiger partial charge in [-0.1, -0.05) is 12.1 Å². The van der Waals surface area contributed by atoms with Gasteiger partial charge in [0.15, 0.2) is 0 Å². The molecular formula is C9H12NO. The molecular weight excluding hydrogens is 138 g/mol. The first-order valence-corrected chi connectivity index (χ1v) is 3.59. The molecule has 1 N–H and O–H groups in total. The van der Waals surface area contributed by atoms with Gasteiger partial charge in [-0.3, -0.25) is 5.73 Å². The zero-order chi connectivity index (χ0) is 8.27. The van der Waals surface area contributed by atoms with E-state index in [0.29, 0.717) is 0 Å². The molecule has 0 spiro atoms. The number of hydrogen-bond donors (Lipinski definition) is 0. The van der Waals surface area contributed by atoms with Crippen LogP contribution in [0.3, 0.4) is 0 Å². The number of hydrogen-bond acceptors (Lipinski definition) is 1. The first-order chi connectivity index (χ1) is 5.24. The Morgan fingerprint density at radius 3 is 2.18 bits per heavy atom. The van der Waals surface area contributed by atoms with Crippen LogP contribution >= 0.6 is 0 Å². The van der Waals surface area contributed by atoms with Crippen molar-refractivity contribution >= 4 is 0 Å². The summed E-state index contributed by atoms with van der Waals surface area (Å²) in [6.45, 7) is 1.85. The standard InChI is InChI=1S/C9H12NO/c1-7(10)8-3-5-9(11-2)6-4-8/h3-7,10H,1-2H3/t7-/m0/s1. The SMILES string of the molecule is COc1ccc([C@H](C)[NH])cc1. The van der Waals surface area contributed by atoms with E-state index in [1.165, 1.54) is 0 Å². The summed E-state index contributed by atoms with van der Waals surface area (Å²) in [6.07, 6.45) is 0. The summed E-state index contributed by atoms with van der Waals surface area (Å²) >= 11 is 0. The van der Waals surface area contributed by atoms with Crippen molar-refractivity contribution in [2.45, 2.75) is 13.0 Å². The van der Waals surface area contributed by atoms with Gasteiger partial charge in [0.25, 0.3) is 0 Å². The highest BCUT2D eigenvalue weighted by molar-refractivity contribution is 5.28.